The van der Waals surface area contributed by atoms with Crippen LogP contribution in [0.3, 0.4) is 0 Å². The average Bonchev–Trinajstić information content (AvgIpc) is 3.17. The molecule has 0 aromatic heterocycles. The molecule has 59 heavy (non-hydrogen) atoms. The Morgan fingerprint density at radius 2 is 0.627 bits per heavy atom. The highest BCUT2D eigenvalue weighted by atomic mass is 32.2. The van der Waals surface area contributed by atoms with Crippen molar-refractivity contribution in [1.29, 1.82) is 0 Å². The highest BCUT2D eigenvalue weighted by Gasteiger charge is 2.52. The zero-order chi connectivity index (χ0) is 45.1. The van der Waals surface area contributed by atoms with Crippen molar-refractivity contribution in [2.24, 2.45) is 0 Å². The maximum Gasteiger partial charge on any atom is 0.200 e. The molecule has 0 radical (unpaired) electrons. The molecule has 0 amide bonds. The number of benzene rings is 5. The minimum absolute atomic E-state index is 0.304. The third kappa shape index (κ3) is 7.59. The van der Waals surface area contributed by atoms with Crippen molar-refractivity contribution in [3.8, 4) is 0 Å². The normalized spacial score (nSPS) is 12.0. The highest BCUT2D eigenvalue weighted by Crippen LogP contribution is 2.30. The van der Waals surface area contributed by atoms with Gasteiger partial charge in [0, 0.05) is 11.8 Å². The molecule has 0 aliphatic rings. The molecule has 5 rings (SSSR count). The second kappa shape index (κ2) is 16.6. The molecule has 0 bridgehead atoms. The van der Waals surface area contributed by atoms with E-state index in [-0.39, 0.29) is 0 Å². The van der Waals surface area contributed by atoms with E-state index in [4.69, 9.17) is 0 Å². The Balaban J connectivity index is 0.000000464. The van der Waals surface area contributed by atoms with Crippen LogP contribution in [0.4, 0.5) is 87.8 Å². The summed E-state index contributed by atoms with van der Waals surface area (Å²) in [6, 6.07) is 7.19. The molecule has 0 heterocycles. The van der Waals surface area contributed by atoms with E-state index >= 15 is 35.1 Å². The molecule has 0 aliphatic carbocycles. The molecule has 0 aliphatic heterocycles. The van der Waals surface area contributed by atoms with Crippen molar-refractivity contribution in [2.75, 3.05) is 18.8 Å². The number of halogens is 20. The second-order valence-corrected chi connectivity index (χ2v) is 16.6. The third-order valence-electron chi connectivity index (χ3n) is 8.49. The molecule has 0 saturated carbocycles. The van der Waals surface area contributed by atoms with E-state index in [0.29, 0.717) is 15.8 Å². The average molecular weight is 910 g/mol. The maximum absolute atomic E-state index is 15.4. The first-order chi connectivity index (χ1) is 27.1. The molecule has 0 unspecified atom stereocenters. The van der Waals surface area contributed by atoms with Crippen LogP contribution in [0.25, 0.3) is 0 Å². The van der Waals surface area contributed by atoms with Crippen LogP contribution >= 0.6 is 0 Å². The molecule has 5 aromatic carbocycles. The Morgan fingerprint density at radius 1 is 0.407 bits per heavy atom. The Kier molecular flexibility index (Phi) is 13.2. The fourth-order valence-corrected chi connectivity index (χ4v) is 7.61. The predicted octanol–water partition coefficient (Wildman–Crippen LogP) is 7.31. The molecule has 0 atom stereocenters. The van der Waals surface area contributed by atoms with Gasteiger partial charge in [-0.1, -0.05) is 12.1 Å². The van der Waals surface area contributed by atoms with Gasteiger partial charge in [-0.3, -0.25) is 0 Å². The summed E-state index contributed by atoms with van der Waals surface area (Å²) >= 11 is 0. The Morgan fingerprint density at radius 3 is 0.831 bits per heavy atom. The van der Waals surface area contributed by atoms with Crippen molar-refractivity contribution in [3.05, 3.63) is 146 Å². The summed E-state index contributed by atoms with van der Waals surface area (Å²) in [6.07, 6.45) is -1.69. The standard InChI is InChI=1S/C24BF20.C10H15O2S2/c26-5-1(6(27)14(35)21(42)13(5)34)25(2-7(28)15(36)22(43)16(37)8(2)29,3-9(30)17(38)23(44)18(39)10(3)31)4-11(32)19(40)24(45)20(41)12(4)33;1-13(2)8-9-5-4-6-10(7-9)14(3,11)12/h;4-7H,8H2,1-3H3/q-1;+1. The number of rotatable bonds is 7. The van der Waals surface area contributed by atoms with Crippen molar-refractivity contribution >= 4 is 48.7 Å². The molecule has 318 valence electrons. The lowest BCUT2D eigenvalue weighted by Crippen LogP contribution is -2.81. The van der Waals surface area contributed by atoms with E-state index in [0.717, 1.165) is 11.3 Å². The summed E-state index contributed by atoms with van der Waals surface area (Å²) in [4.78, 5) is 0.417. The van der Waals surface area contributed by atoms with Crippen LogP contribution in [0.15, 0.2) is 29.2 Å². The lowest BCUT2D eigenvalue weighted by molar-refractivity contribution is 0.378. The van der Waals surface area contributed by atoms with E-state index in [1.54, 1.807) is 18.2 Å². The number of sulfone groups is 1. The second-order valence-electron chi connectivity index (χ2n) is 12.3. The van der Waals surface area contributed by atoms with Crippen molar-refractivity contribution < 1.29 is 96.2 Å². The van der Waals surface area contributed by atoms with Gasteiger partial charge >= 0.3 is 0 Å². The van der Waals surface area contributed by atoms with Crippen molar-refractivity contribution in [1.82, 2.24) is 0 Å². The fraction of sp³-hybridized carbons (Fsp3) is 0.118. The van der Waals surface area contributed by atoms with Crippen LogP contribution in [-0.2, 0) is 26.5 Å². The van der Waals surface area contributed by atoms with Crippen LogP contribution < -0.4 is 21.9 Å². The van der Waals surface area contributed by atoms with Crippen LogP contribution in [-0.4, -0.2) is 33.3 Å². The van der Waals surface area contributed by atoms with Gasteiger partial charge in [0.15, 0.2) is 79.6 Å². The molecule has 5 aromatic rings. The lowest BCUT2D eigenvalue weighted by atomic mass is 9.12. The number of hydrogen-bond donors (Lipinski definition) is 0. The zero-order valence-corrected chi connectivity index (χ0v) is 30.4. The van der Waals surface area contributed by atoms with Crippen molar-refractivity contribution in [2.45, 2.75) is 10.6 Å². The summed E-state index contributed by atoms with van der Waals surface area (Å²) in [5.41, 5.74) is -13.2. The van der Waals surface area contributed by atoms with Crippen LogP contribution in [0.2, 0.25) is 0 Å². The van der Waals surface area contributed by atoms with E-state index in [9.17, 15) is 61.1 Å². The first-order valence-corrected chi connectivity index (χ1v) is 19.3. The minimum atomic E-state index is -7.22. The van der Waals surface area contributed by atoms with Gasteiger partial charge in [0.1, 0.15) is 58.4 Å². The fourth-order valence-electron chi connectivity index (χ4n) is 6.07. The quantitative estimate of drug-likeness (QED) is 0.0565. The highest BCUT2D eigenvalue weighted by molar-refractivity contribution is 7.94. The van der Waals surface area contributed by atoms with Crippen LogP contribution in [0, 0.1) is 116 Å². The van der Waals surface area contributed by atoms with Gasteiger partial charge in [0.2, 0.25) is 0 Å². The van der Waals surface area contributed by atoms with Crippen LogP contribution in [0.5, 0.6) is 0 Å². The summed E-state index contributed by atoms with van der Waals surface area (Å²) in [5, 5.41) is 0. The van der Waals surface area contributed by atoms with Gasteiger partial charge in [-0.25, -0.2) is 96.2 Å². The smallest absolute Gasteiger partial charge is 0.200 e. The number of hydrogen-bond acceptors (Lipinski definition) is 2. The van der Waals surface area contributed by atoms with Gasteiger partial charge in [0.25, 0.3) is 0 Å². The van der Waals surface area contributed by atoms with Gasteiger partial charge in [-0.2, -0.15) is 0 Å². The predicted molar refractivity (Wildman–Crippen MR) is 172 cm³/mol. The minimum Gasteiger partial charge on any atom is -0.224 e. The van der Waals surface area contributed by atoms with Crippen molar-refractivity contribution in [3.63, 3.8) is 0 Å². The van der Waals surface area contributed by atoms with Gasteiger partial charge in [-0.05, 0) is 23.0 Å². The topological polar surface area (TPSA) is 34.1 Å². The van der Waals surface area contributed by atoms with E-state index < -0.39 is 154 Å². The van der Waals surface area contributed by atoms with Crippen LogP contribution in [0.1, 0.15) is 5.56 Å². The van der Waals surface area contributed by atoms with E-state index in [1.807, 2.05) is 6.07 Å². The summed E-state index contributed by atoms with van der Waals surface area (Å²) in [5.74, 6) is -70.5. The van der Waals surface area contributed by atoms with Gasteiger partial charge in [-0.15, -0.1) is 21.9 Å². The monoisotopic (exact) mass is 910 g/mol. The zero-order valence-electron chi connectivity index (χ0n) is 28.8. The molecule has 0 fully saturated rings. The molecular formula is C34H15BF20O2S2. The van der Waals surface area contributed by atoms with Gasteiger partial charge in [0.05, 0.1) is 17.4 Å². The third-order valence-corrected chi connectivity index (χ3v) is 10.5. The summed E-state index contributed by atoms with van der Waals surface area (Å²) in [6.45, 7) is 0. The summed E-state index contributed by atoms with van der Waals surface area (Å²) < 4.78 is 316. The molecule has 2 nitrogen and oxygen atoms in total. The Bertz CT molecular complexity index is 2270. The van der Waals surface area contributed by atoms with E-state index in [1.165, 1.54) is 6.26 Å². The molecule has 0 N–H and O–H groups in total. The lowest BCUT2D eigenvalue weighted by Gasteiger charge is -2.44. The molecule has 0 saturated heterocycles. The largest absolute Gasteiger partial charge is 0.224 e. The maximum atomic E-state index is 15.4. The SMILES string of the molecule is C[S+](C)Cc1cccc(S(C)(=O)=O)c1.Fc1c(F)c(F)c([B-](c2c(F)c(F)c(F)c(F)c2F)(c2c(F)c(F)c(F)c(F)c2F)c2c(F)c(F)c(F)c(F)c2F)c(F)c1F. The molecule has 0 spiro atoms. The Hall–Kier alpha value is -4.94. The van der Waals surface area contributed by atoms with Gasteiger partial charge < -0.3 is 0 Å². The summed E-state index contributed by atoms with van der Waals surface area (Å²) in [7, 11) is -2.75. The molecule has 25 heteroatoms. The Labute approximate surface area is 320 Å². The first kappa shape index (κ1) is 46.8. The molecular weight excluding hydrogens is 895 g/mol. The first-order valence-electron chi connectivity index (χ1n) is 15.2. The van der Waals surface area contributed by atoms with E-state index in [2.05, 4.69) is 12.5 Å².